The Balaban J connectivity index is 1.54. The fraction of sp³-hybridized carbons (Fsp3) is 0.412. The van der Waals surface area contributed by atoms with E-state index < -0.39 is 0 Å². The Labute approximate surface area is 139 Å². The normalized spacial score (nSPS) is 12.7. The van der Waals surface area contributed by atoms with E-state index in [9.17, 15) is 4.79 Å². The summed E-state index contributed by atoms with van der Waals surface area (Å²) in [5.41, 5.74) is 1.89. The Morgan fingerprint density at radius 3 is 2.67 bits per heavy atom. The quantitative estimate of drug-likeness (QED) is 0.725. The summed E-state index contributed by atoms with van der Waals surface area (Å²) < 4.78 is 5.55. The number of hydrogen-bond donors (Lipinski definition) is 2. The van der Waals surface area contributed by atoms with Crippen molar-refractivity contribution in [3.8, 4) is 0 Å². The summed E-state index contributed by atoms with van der Waals surface area (Å²) in [7, 11) is 0. The molecule has 7 nitrogen and oxygen atoms in total. The van der Waals surface area contributed by atoms with Gasteiger partial charge >= 0.3 is 0 Å². The fourth-order valence-corrected chi connectivity index (χ4v) is 2.39. The van der Waals surface area contributed by atoms with Crippen LogP contribution < -0.4 is 5.32 Å². The van der Waals surface area contributed by atoms with Gasteiger partial charge in [-0.3, -0.25) is 4.79 Å². The van der Waals surface area contributed by atoms with Crippen molar-refractivity contribution in [2.45, 2.75) is 45.6 Å². The van der Waals surface area contributed by atoms with E-state index in [-0.39, 0.29) is 17.9 Å². The standard InChI is InChI=1S/C17H21N5O2/c1-10(2)16-21-22-17(24-16)11(3)18-15(23)9-8-14-19-12-6-4-5-7-13(12)20-14/h4-7,10-11H,8-9H2,1-3H3,(H,18,23)(H,19,20)/t11-/m1/s1. The van der Waals surface area contributed by atoms with Crippen LogP contribution in [0.1, 0.15) is 56.8 Å². The largest absolute Gasteiger partial charge is 0.423 e. The molecule has 0 bridgehead atoms. The highest BCUT2D eigenvalue weighted by atomic mass is 16.4. The molecule has 0 spiro atoms. The summed E-state index contributed by atoms with van der Waals surface area (Å²) in [4.78, 5) is 19.8. The second-order valence-electron chi connectivity index (χ2n) is 6.12. The van der Waals surface area contributed by atoms with Crippen LogP contribution in [0.15, 0.2) is 28.7 Å². The number of nitrogens with zero attached hydrogens (tertiary/aromatic N) is 3. The van der Waals surface area contributed by atoms with E-state index in [2.05, 4.69) is 25.5 Å². The van der Waals surface area contributed by atoms with Crippen LogP contribution in [0.3, 0.4) is 0 Å². The van der Waals surface area contributed by atoms with E-state index >= 15 is 0 Å². The third kappa shape index (κ3) is 3.61. The maximum atomic E-state index is 12.1. The van der Waals surface area contributed by atoms with E-state index in [0.29, 0.717) is 24.6 Å². The van der Waals surface area contributed by atoms with Gasteiger partial charge in [0.15, 0.2) is 0 Å². The molecule has 0 radical (unpaired) electrons. The van der Waals surface area contributed by atoms with Gasteiger partial charge in [-0.1, -0.05) is 26.0 Å². The lowest BCUT2D eigenvalue weighted by Crippen LogP contribution is -2.27. The molecule has 24 heavy (non-hydrogen) atoms. The number of carbonyl (C=O) groups is 1. The summed E-state index contributed by atoms with van der Waals surface area (Å²) in [5.74, 6) is 1.90. The number of rotatable bonds is 6. The topological polar surface area (TPSA) is 96.7 Å². The summed E-state index contributed by atoms with van der Waals surface area (Å²) in [5, 5.41) is 10.8. The fourth-order valence-electron chi connectivity index (χ4n) is 2.39. The number of fused-ring (bicyclic) bond motifs is 1. The first-order chi connectivity index (χ1) is 11.5. The molecule has 3 aromatic rings. The minimum absolute atomic E-state index is 0.0766. The highest BCUT2D eigenvalue weighted by molar-refractivity contribution is 5.77. The number of aromatic amines is 1. The van der Waals surface area contributed by atoms with E-state index in [0.717, 1.165) is 16.9 Å². The Morgan fingerprint density at radius 1 is 1.21 bits per heavy atom. The van der Waals surface area contributed by atoms with Crippen LogP contribution in [-0.2, 0) is 11.2 Å². The maximum absolute atomic E-state index is 12.1. The number of hydrogen-bond acceptors (Lipinski definition) is 5. The van der Waals surface area contributed by atoms with Crippen LogP contribution in [0.5, 0.6) is 0 Å². The summed E-state index contributed by atoms with van der Waals surface area (Å²) >= 11 is 0. The average molecular weight is 327 g/mol. The van der Waals surface area contributed by atoms with Crippen LogP contribution >= 0.6 is 0 Å². The summed E-state index contributed by atoms with van der Waals surface area (Å²) in [6, 6.07) is 7.49. The molecule has 0 aliphatic heterocycles. The van der Waals surface area contributed by atoms with Crippen molar-refractivity contribution in [2.24, 2.45) is 0 Å². The SMILES string of the molecule is CC(C)c1nnc([C@@H](C)NC(=O)CCc2nc3ccccc3[nH]2)o1. The van der Waals surface area contributed by atoms with Gasteiger partial charge < -0.3 is 14.7 Å². The van der Waals surface area contributed by atoms with Crippen LogP contribution in [-0.4, -0.2) is 26.1 Å². The number of H-pyrrole nitrogens is 1. The monoisotopic (exact) mass is 327 g/mol. The lowest BCUT2D eigenvalue weighted by Gasteiger charge is -2.09. The van der Waals surface area contributed by atoms with Gasteiger partial charge in [0.2, 0.25) is 17.7 Å². The predicted octanol–water partition coefficient (Wildman–Crippen LogP) is 2.88. The Hall–Kier alpha value is -2.70. The molecule has 0 aliphatic rings. The molecule has 3 rings (SSSR count). The lowest BCUT2D eigenvalue weighted by atomic mass is 10.2. The molecule has 7 heteroatoms. The van der Waals surface area contributed by atoms with Crippen molar-refractivity contribution in [1.29, 1.82) is 0 Å². The third-order valence-electron chi connectivity index (χ3n) is 3.73. The van der Waals surface area contributed by atoms with Gasteiger partial charge in [-0.25, -0.2) is 4.98 Å². The van der Waals surface area contributed by atoms with Crippen molar-refractivity contribution in [1.82, 2.24) is 25.5 Å². The molecule has 0 aliphatic carbocycles. The molecule has 126 valence electrons. The van der Waals surface area contributed by atoms with Crippen LogP contribution in [0, 0.1) is 0 Å². The highest BCUT2D eigenvalue weighted by Crippen LogP contribution is 2.17. The lowest BCUT2D eigenvalue weighted by molar-refractivity contribution is -0.121. The van der Waals surface area contributed by atoms with Gasteiger partial charge in [0, 0.05) is 18.8 Å². The first kappa shape index (κ1) is 16.2. The van der Waals surface area contributed by atoms with Gasteiger partial charge in [0.25, 0.3) is 0 Å². The predicted molar refractivity (Wildman–Crippen MR) is 89.4 cm³/mol. The first-order valence-electron chi connectivity index (χ1n) is 8.09. The van der Waals surface area contributed by atoms with Gasteiger partial charge in [0.1, 0.15) is 11.9 Å². The molecule has 1 amide bonds. The van der Waals surface area contributed by atoms with Crippen molar-refractivity contribution >= 4 is 16.9 Å². The van der Waals surface area contributed by atoms with Crippen molar-refractivity contribution in [3.63, 3.8) is 0 Å². The second-order valence-corrected chi connectivity index (χ2v) is 6.12. The van der Waals surface area contributed by atoms with Crippen LogP contribution in [0.25, 0.3) is 11.0 Å². The smallest absolute Gasteiger partial charge is 0.238 e. The molecule has 1 atom stereocenters. The van der Waals surface area contributed by atoms with Gasteiger partial charge in [-0.2, -0.15) is 0 Å². The average Bonchev–Trinajstić information content (AvgIpc) is 3.19. The molecule has 0 saturated carbocycles. The van der Waals surface area contributed by atoms with E-state index in [1.165, 1.54) is 0 Å². The molecule has 2 heterocycles. The Kier molecular flexibility index (Phi) is 4.59. The number of imidazole rings is 1. The zero-order valence-electron chi connectivity index (χ0n) is 14.0. The minimum atomic E-state index is -0.312. The number of aromatic nitrogens is 4. The Bertz CT molecular complexity index is 803. The van der Waals surface area contributed by atoms with E-state index in [1.54, 1.807) is 0 Å². The molecule has 2 N–H and O–H groups in total. The summed E-state index contributed by atoms with van der Waals surface area (Å²) in [6.45, 7) is 5.79. The molecule has 1 aromatic carbocycles. The zero-order chi connectivity index (χ0) is 17.1. The molecule has 2 aromatic heterocycles. The van der Waals surface area contributed by atoms with Crippen LogP contribution in [0.4, 0.5) is 0 Å². The van der Waals surface area contributed by atoms with Crippen molar-refractivity contribution in [2.75, 3.05) is 0 Å². The minimum Gasteiger partial charge on any atom is -0.423 e. The maximum Gasteiger partial charge on any atom is 0.238 e. The molecule has 0 saturated heterocycles. The number of para-hydroxylation sites is 2. The second kappa shape index (κ2) is 6.82. The number of nitrogens with one attached hydrogen (secondary N) is 2. The van der Waals surface area contributed by atoms with E-state index in [1.807, 2.05) is 45.0 Å². The van der Waals surface area contributed by atoms with Gasteiger partial charge in [-0.05, 0) is 19.1 Å². The summed E-state index contributed by atoms with van der Waals surface area (Å²) in [6.07, 6.45) is 0.893. The molecule has 0 fully saturated rings. The number of aryl methyl sites for hydroxylation is 1. The van der Waals surface area contributed by atoms with E-state index in [4.69, 9.17) is 4.42 Å². The van der Waals surface area contributed by atoms with Crippen molar-refractivity contribution in [3.05, 3.63) is 41.9 Å². The zero-order valence-corrected chi connectivity index (χ0v) is 14.0. The van der Waals surface area contributed by atoms with Gasteiger partial charge in [-0.15, -0.1) is 10.2 Å². The number of carbonyl (C=O) groups excluding carboxylic acids is 1. The molecular weight excluding hydrogens is 306 g/mol. The van der Waals surface area contributed by atoms with Crippen LogP contribution in [0.2, 0.25) is 0 Å². The Morgan fingerprint density at radius 2 is 1.96 bits per heavy atom. The molecule has 0 unspecified atom stereocenters. The van der Waals surface area contributed by atoms with Crippen molar-refractivity contribution < 1.29 is 9.21 Å². The number of benzene rings is 1. The van der Waals surface area contributed by atoms with Gasteiger partial charge in [0.05, 0.1) is 11.0 Å². The highest BCUT2D eigenvalue weighted by Gasteiger charge is 2.17. The molecular formula is C17H21N5O2. The third-order valence-corrected chi connectivity index (χ3v) is 3.73. The first-order valence-corrected chi connectivity index (χ1v) is 8.09. The number of amides is 1.